The number of methoxy groups -OCH3 is 2. The predicted octanol–water partition coefficient (Wildman–Crippen LogP) is 2.04. The van der Waals surface area contributed by atoms with E-state index in [-0.39, 0.29) is 11.7 Å². The summed E-state index contributed by atoms with van der Waals surface area (Å²) in [5, 5.41) is 0. The standard InChI is InChI=1S/C14H20NO2/c1-15-10-9-14(17-3,13(11-15)16-2)12-7-5-4-6-8-12/h4-8,13H,1,9-11H2,2-3H3/q-1/t13-,14-/m1/s1. The molecule has 1 heterocycles. The summed E-state index contributed by atoms with van der Waals surface area (Å²) in [4.78, 5) is 2.04. The van der Waals surface area contributed by atoms with Crippen LogP contribution >= 0.6 is 0 Å². The van der Waals surface area contributed by atoms with E-state index in [4.69, 9.17) is 9.47 Å². The number of rotatable bonds is 3. The lowest BCUT2D eigenvalue weighted by Crippen LogP contribution is -2.53. The summed E-state index contributed by atoms with van der Waals surface area (Å²) in [7, 11) is 7.49. The number of hydrogen-bond acceptors (Lipinski definition) is 3. The van der Waals surface area contributed by atoms with E-state index in [1.165, 1.54) is 5.56 Å². The van der Waals surface area contributed by atoms with Crippen molar-refractivity contribution in [3.8, 4) is 0 Å². The van der Waals surface area contributed by atoms with Gasteiger partial charge in [-0.1, -0.05) is 30.3 Å². The van der Waals surface area contributed by atoms with Crippen LogP contribution in [0, 0.1) is 7.05 Å². The van der Waals surface area contributed by atoms with Gasteiger partial charge < -0.3 is 14.4 Å². The summed E-state index contributed by atoms with van der Waals surface area (Å²) < 4.78 is 11.5. The fraction of sp³-hybridized carbons (Fsp3) is 0.500. The van der Waals surface area contributed by atoms with Crippen molar-refractivity contribution in [3.05, 3.63) is 42.9 Å². The molecule has 0 spiro atoms. The van der Waals surface area contributed by atoms with Crippen molar-refractivity contribution in [2.45, 2.75) is 18.1 Å². The van der Waals surface area contributed by atoms with Gasteiger partial charge in [0.1, 0.15) is 11.7 Å². The third kappa shape index (κ3) is 2.23. The Hall–Kier alpha value is -0.900. The first-order valence-electron chi connectivity index (χ1n) is 5.92. The van der Waals surface area contributed by atoms with E-state index < -0.39 is 0 Å². The Morgan fingerprint density at radius 1 is 1.29 bits per heavy atom. The van der Waals surface area contributed by atoms with E-state index in [9.17, 15) is 0 Å². The minimum atomic E-state index is -0.343. The van der Waals surface area contributed by atoms with Crippen LogP contribution in [0.3, 0.4) is 0 Å². The molecule has 0 amide bonds. The maximum absolute atomic E-state index is 5.84. The normalized spacial score (nSPS) is 30.4. The summed E-state index contributed by atoms with van der Waals surface area (Å²) in [6.45, 7) is 1.71. The quantitative estimate of drug-likeness (QED) is 0.747. The first-order chi connectivity index (χ1) is 8.23. The highest BCUT2D eigenvalue weighted by molar-refractivity contribution is 5.25. The molecule has 0 aliphatic carbocycles. The highest BCUT2D eigenvalue weighted by atomic mass is 16.5. The van der Waals surface area contributed by atoms with Crippen LogP contribution in [-0.2, 0) is 15.1 Å². The molecule has 3 heteroatoms. The van der Waals surface area contributed by atoms with E-state index >= 15 is 0 Å². The average molecular weight is 234 g/mol. The van der Waals surface area contributed by atoms with Crippen LogP contribution in [0.4, 0.5) is 0 Å². The molecule has 2 rings (SSSR count). The van der Waals surface area contributed by atoms with Gasteiger partial charge in [0, 0.05) is 14.2 Å². The van der Waals surface area contributed by atoms with Crippen LogP contribution in [0.15, 0.2) is 30.3 Å². The second-order valence-corrected chi connectivity index (χ2v) is 4.51. The Bertz CT molecular complexity index is 354. The molecule has 1 aliphatic rings. The fourth-order valence-corrected chi connectivity index (χ4v) is 2.63. The van der Waals surface area contributed by atoms with E-state index in [1.807, 2.05) is 23.1 Å². The van der Waals surface area contributed by atoms with Crippen LogP contribution in [0.2, 0.25) is 0 Å². The molecule has 17 heavy (non-hydrogen) atoms. The molecule has 0 N–H and O–H groups in total. The number of likely N-dealkylation sites (tertiary alicyclic amines) is 1. The monoisotopic (exact) mass is 234 g/mol. The Morgan fingerprint density at radius 2 is 2.00 bits per heavy atom. The molecule has 0 bridgehead atoms. The number of hydrogen-bond donors (Lipinski definition) is 0. The first kappa shape index (κ1) is 12.6. The molecule has 1 aromatic carbocycles. The highest BCUT2D eigenvalue weighted by Crippen LogP contribution is 2.37. The average Bonchev–Trinajstić information content (AvgIpc) is 2.40. The first-order valence-corrected chi connectivity index (χ1v) is 5.92. The fourth-order valence-electron chi connectivity index (χ4n) is 2.63. The van der Waals surface area contributed by atoms with Crippen LogP contribution < -0.4 is 0 Å². The van der Waals surface area contributed by atoms with E-state index in [1.54, 1.807) is 14.2 Å². The molecule has 1 fully saturated rings. The summed E-state index contributed by atoms with van der Waals surface area (Å²) in [6, 6.07) is 10.3. The second kappa shape index (κ2) is 5.17. The zero-order valence-electron chi connectivity index (χ0n) is 10.6. The van der Waals surface area contributed by atoms with Gasteiger partial charge in [0.15, 0.2) is 0 Å². The molecule has 2 atom stereocenters. The lowest BCUT2D eigenvalue weighted by molar-refractivity contribution is -0.153. The van der Waals surface area contributed by atoms with E-state index in [0.29, 0.717) is 0 Å². The van der Waals surface area contributed by atoms with Gasteiger partial charge >= 0.3 is 0 Å². The number of benzene rings is 1. The number of nitrogens with zero attached hydrogens (tertiary/aromatic N) is 1. The number of ether oxygens (including phenoxy) is 2. The second-order valence-electron chi connectivity index (χ2n) is 4.51. The molecule has 1 aromatic rings. The highest BCUT2D eigenvalue weighted by Gasteiger charge is 2.43. The lowest BCUT2D eigenvalue weighted by atomic mass is 9.82. The zero-order chi connectivity index (χ0) is 12.3. The van der Waals surface area contributed by atoms with Crippen molar-refractivity contribution in [1.82, 2.24) is 4.90 Å². The largest absolute Gasteiger partial charge is 0.457 e. The third-order valence-electron chi connectivity index (χ3n) is 3.65. The van der Waals surface area contributed by atoms with Gasteiger partial charge in [0.05, 0.1) is 0 Å². The van der Waals surface area contributed by atoms with Crippen molar-refractivity contribution in [2.24, 2.45) is 0 Å². The van der Waals surface area contributed by atoms with Gasteiger partial charge in [-0.2, -0.15) is 0 Å². The topological polar surface area (TPSA) is 21.7 Å². The van der Waals surface area contributed by atoms with Crippen molar-refractivity contribution >= 4 is 0 Å². The van der Waals surface area contributed by atoms with Gasteiger partial charge in [0.25, 0.3) is 0 Å². The number of piperidine rings is 1. The summed E-state index contributed by atoms with van der Waals surface area (Å²) in [5.74, 6) is 0. The lowest BCUT2D eigenvalue weighted by Gasteiger charge is -2.48. The predicted molar refractivity (Wildman–Crippen MR) is 67.5 cm³/mol. The molecule has 0 radical (unpaired) electrons. The SMILES string of the molecule is [CH2-]N1CC[C@@](OC)(c2ccccc2)[C@H](OC)C1. The summed E-state index contributed by atoms with van der Waals surface area (Å²) in [5.41, 5.74) is 0.840. The molecular weight excluding hydrogens is 214 g/mol. The molecular formula is C14H20NO2-. The van der Waals surface area contributed by atoms with Crippen molar-refractivity contribution in [3.63, 3.8) is 0 Å². The van der Waals surface area contributed by atoms with Gasteiger partial charge in [-0.25, -0.2) is 0 Å². The summed E-state index contributed by atoms with van der Waals surface area (Å²) in [6.07, 6.45) is 0.913. The van der Waals surface area contributed by atoms with Crippen molar-refractivity contribution < 1.29 is 9.47 Å². The molecule has 94 valence electrons. The molecule has 0 aromatic heterocycles. The van der Waals surface area contributed by atoms with Crippen LogP contribution in [0.5, 0.6) is 0 Å². The Balaban J connectivity index is 2.35. The molecule has 0 unspecified atom stereocenters. The minimum absolute atomic E-state index is 0.0150. The Morgan fingerprint density at radius 3 is 2.59 bits per heavy atom. The maximum atomic E-state index is 5.84. The van der Waals surface area contributed by atoms with Crippen molar-refractivity contribution in [1.29, 1.82) is 0 Å². The van der Waals surface area contributed by atoms with Crippen molar-refractivity contribution in [2.75, 3.05) is 27.3 Å². The van der Waals surface area contributed by atoms with Gasteiger partial charge in [-0.05, 0) is 25.1 Å². The van der Waals surface area contributed by atoms with E-state index in [2.05, 4.69) is 19.2 Å². The summed E-state index contributed by atoms with van der Waals surface area (Å²) >= 11 is 0. The van der Waals surface area contributed by atoms with Crippen LogP contribution in [0.25, 0.3) is 0 Å². The maximum Gasteiger partial charge on any atom is 0.121 e. The van der Waals surface area contributed by atoms with Gasteiger partial charge in [-0.3, -0.25) is 7.05 Å². The molecule has 3 nitrogen and oxygen atoms in total. The smallest absolute Gasteiger partial charge is 0.121 e. The van der Waals surface area contributed by atoms with Crippen LogP contribution in [-0.4, -0.2) is 38.3 Å². The minimum Gasteiger partial charge on any atom is -0.457 e. The zero-order valence-corrected chi connectivity index (χ0v) is 10.6. The molecule has 0 saturated carbocycles. The third-order valence-corrected chi connectivity index (χ3v) is 3.65. The van der Waals surface area contributed by atoms with Gasteiger partial charge in [0.2, 0.25) is 0 Å². The Kier molecular flexibility index (Phi) is 3.82. The van der Waals surface area contributed by atoms with E-state index in [0.717, 1.165) is 19.5 Å². The Labute approximate surface area is 103 Å². The van der Waals surface area contributed by atoms with Crippen LogP contribution in [0.1, 0.15) is 12.0 Å². The van der Waals surface area contributed by atoms with Gasteiger partial charge in [-0.15, -0.1) is 0 Å². The molecule has 1 aliphatic heterocycles. The molecule has 1 saturated heterocycles.